The number of ketones is 1. The molecule has 5 rings (SSSR count). The lowest BCUT2D eigenvalue weighted by molar-refractivity contribution is 0.103. The first-order chi connectivity index (χ1) is 16.1. The van der Waals surface area contributed by atoms with E-state index in [0.717, 1.165) is 22.2 Å². The molecular formula is C26H21ClN4O2. The summed E-state index contributed by atoms with van der Waals surface area (Å²) in [5, 5.41) is 1.58. The van der Waals surface area contributed by atoms with Crippen molar-refractivity contribution >= 4 is 28.3 Å². The van der Waals surface area contributed by atoms with Crippen molar-refractivity contribution in [2.24, 2.45) is 0 Å². The molecule has 0 bridgehead atoms. The number of nitrogens with one attached hydrogen (secondary N) is 1. The molecule has 164 valence electrons. The van der Waals surface area contributed by atoms with Gasteiger partial charge in [-0.1, -0.05) is 41.9 Å². The van der Waals surface area contributed by atoms with Gasteiger partial charge in [0.05, 0.1) is 23.7 Å². The smallest absolute Gasteiger partial charge is 0.230 e. The molecule has 1 N–H and O–H groups in total. The third-order valence-corrected chi connectivity index (χ3v) is 5.67. The van der Waals surface area contributed by atoms with Crippen molar-refractivity contribution in [3.8, 4) is 5.75 Å². The lowest BCUT2D eigenvalue weighted by Crippen LogP contribution is -2.04. The maximum Gasteiger partial charge on any atom is 0.230 e. The average Bonchev–Trinajstić information content (AvgIpc) is 3.45. The number of H-pyrrole nitrogens is 1. The molecule has 6 nitrogen and oxygen atoms in total. The zero-order valence-electron chi connectivity index (χ0n) is 18.0. The Morgan fingerprint density at radius 3 is 2.64 bits per heavy atom. The van der Waals surface area contributed by atoms with E-state index in [9.17, 15) is 4.79 Å². The van der Waals surface area contributed by atoms with Gasteiger partial charge in [-0.25, -0.2) is 4.98 Å². The molecule has 0 aliphatic heterocycles. The molecule has 33 heavy (non-hydrogen) atoms. The molecule has 0 spiro atoms. The normalized spacial score (nSPS) is 11.1. The lowest BCUT2D eigenvalue weighted by Gasteiger charge is -2.05. The van der Waals surface area contributed by atoms with Crippen LogP contribution in [0.1, 0.15) is 33.1 Å². The monoisotopic (exact) mass is 456 g/mol. The molecule has 7 heteroatoms. The zero-order chi connectivity index (χ0) is 22.8. The highest BCUT2D eigenvalue weighted by atomic mass is 35.5. The first kappa shape index (κ1) is 21.0. The number of carbonyl (C=O) groups is 1. The highest BCUT2D eigenvalue weighted by Crippen LogP contribution is 2.25. The number of benzene rings is 2. The van der Waals surface area contributed by atoms with Crippen molar-refractivity contribution in [3.63, 3.8) is 0 Å². The SMILES string of the molecule is Cc1ccc(OCc2cnc(C(=O)c3cn(Cc4ccc(Cl)cc4)c4ccccc34)[nH]2)cn1. The van der Waals surface area contributed by atoms with E-state index in [0.29, 0.717) is 28.6 Å². The molecular weight excluding hydrogens is 436 g/mol. The number of fused-ring (bicyclic) bond motifs is 1. The number of para-hydroxylation sites is 1. The van der Waals surface area contributed by atoms with E-state index >= 15 is 0 Å². The number of pyridine rings is 1. The van der Waals surface area contributed by atoms with Gasteiger partial charge in [-0.3, -0.25) is 9.78 Å². The van der Waals surface area contributed by atoms with Gasteiger partial charge in [0.1, 0.15) is 12.4 Å². The number of carbonyl (C=O) groups excluding carboxylic acids is 1. The van der Waals surface area contributed by atoms with Gasteiger partial charge >= 0.3 is 0 Å². The molecule has 5 aromatic rings. The second kappa shape index (κ2) is 8.92. The van der Waals surface area contributed by atoms with Crippen LogP contribution in [0, 0.1) is 6.92 Å². The first-order valence-corrected chi connectivity index (χ1v) is 10.9. The number of aromatic nitrogens is 4. The third-order valence-electron chi connectivity index (χ3n) is 5.42. The van der Waals surface area contributed by atoms with E-state index in [1.807, 2.05) is 73.8 Å². The van der Waals surface area contributed by atoms with Crippen molar-refractivity contribution < 1.29 is 9.53 Å². The fourth-order valence-corrected chi connectivity index (χ4v) is 3.85. The quantitative estimate of drug-likeness (QED) is 0.324. The molecule has 2 aromatic carbocycles. The Hall–Kier alpha value is -3.90. The van der Waals surface area contributed by atoms with Crippen LogP contribution < -0.4 is 4.74 Å². The molecule has 0 saturated heterocycles. The number of hydrogen-bond donors (Lipinski definition) is 1. The van der Waals surface area contributed by atoms with Crippen LogP contribution in [0.2, 0.25) is 5.02 Å². The third kappa shape index (κ3) is 4.52. The Balaban J connectivity index is 1.38. The van der Waals surface area contributed by atoms with Crippen LogP contribution in [-0.4, -0.2) is 25.3 Å². The van der Waals surface area contributed by atoms with E-state index < -0.39 is 0 Å². The minimum atomic E-state index is -0.163. The second-order valence-corrected chi connectivity index (χ2v) is 8.26. The largest absolute Gasteiger partial charge is 0.486 e. The van der Waals surface area contributed by atoms with Crippen molar-refractivity contribution in [2.45, 2.75) is 20.1 Å². The van der Waals surface area contributed by atoms with Crippen molar-refractivity contribution in [2.75, 3.05) is 0 Å². The van der Waals surface area contributed by atoms with Crippen LogP contribution in [0.4, 0.5) is 0 Å². The maximum absolute atomic E-state index is 13.3. The molecule has 0 amide bonds. The first-order valence-electron chi connectivity index (χ1n) is 10.5. The van der Waals surface area contributed by atoms with Gasteiger partial charge in [0.2, 0.25) is 5.78 Å². The van der Waals surface area contributed by atoms with E-state index in [1.165, 1.54) is 0 Å². The van der Waals surface area contributed by atoms with Crippen LogP contribution in [0.5, 0.6) is 5.75 Å². The van der Waals surface area contributed by atoms with Gasteiger partial charge in [-0.05, 0) is 42.8 Å². The van der Waals surface area contributed by atoms with E-state index in [-0.39, 0.29) is 18.2 Å². The van der Waals surface area contributed by atoms with Gasteiger partial charge in [-0.2, -0.15) is 0 Å². The molecule has 0 fully saturated rings. The molecule has 0 aliphatic carbocycles. The summed E-state index contributed by atoms with van der Waals surface area (Å²) in [5.41, 5.74) is 4.32. The molecule has 3 heterocycles. The van der Waals surface area contributed by atoms with Crippen molar-refractivity contribution in [3.05, 3.63) is 113 Å². The predicted molar refractivity (Wildman–Crippen MR) is 128 cm³/mol. The summed E-state index contributed by atoms with van der Waals surface area (Å²) < 4.78 is 7.81. The minimum absolute atomic E-state index is 0.163. The van der Waals surface area contributed by atoms with Crippen LogP contribution in [0.3, 0.4) is 0 Å². The molecule has 0 aliphatic rings. The molecule has 3 aromatic heterocycles. The second-order valence-electron chi connectivity index (χ2n) is 7.82. The molecule has 0 radical (unpaired) electrons. The number of nitrogens with zero attached hydrogens (tertiary/aromatic N) is 3. The molecule has 0 unspecified atom stereocenters. The number of hydrogen-bond acceptors (Lipinski definition) is 4. The summed E-state index contributed by atoms with van der Waals surface area (Å²) in [7, 11) is 0. The number of rotatable bonds is 7. The Bertz CT molecular complexity index is 1420. The van der Waals surface area contributed by atoms with Gasteiger partial charge in [0, 0.05) is 34.4 Å². The van der Waals surface area contributed by atoms with Crippen LogP contribution in [0.25, 0.3) is 10.9 Å². The van der Waals surface area contributed by atoms with Crippen LogP contribution in [-0.2, 0) is 13.2 Å². The highest BCUT2D eigenvalue weighted by molar-refractivity contribution is 6.30. The number of aryl methyl sites for hydroxylation is 1. The van der Waals surface area contributed by atoms with E-state index in [2.05, 4.69) is 19.5 Å². The van der Waals surface area contributed by atoms with Crippen molar-refractivity contribution in [1.82, 2.24) is 19.5 Å². The van der Waals surface area contributed by atoms with Gasteiger partial charge in [-0.15, -0.1) is 0 Å². The standard InChI is InChI=1S/C26H21ClN4O2/c1-17-6-11-21(13-28-17)33-16-20-12-29-26(30-20)25(32)23-15-31(24-5-3-2-4-22(23)24)14-18-7-9-19(27)10-8-18/h2-13,15H,14,16H2,1H3,(H,29,30). The highest BCUT2D eigenvalue weighted by Gasteiger charge is 2.19. The van der Waals surface area contributed by atoms with Crippen LogP contribution in [0.15, 0.2) is 79.3 Å². The Morgan fingerprint density at radius 1 is 1.03 bits per heavy atom. The summed E-state index contributed by atoms with van der Waals surface area (Å²) in [6.45, 7) is 2.82. The Labute approximate surface area is 195 Å². The fourth-order valence-electron chi connectivity index (χ4n) is 3.72. The topological polar surface area (TPSA) is 72.8 Å². The summed E-state index contributed by atoms with van der Waals surface area (Å²) >= 11 is 6.01. The van der Waals surface area contributed by atoms with E-state index in [4.69, 9.17) is 16.3 Å². The van der Waals surface area contributed by atoms with Crippen molar-refractivity contribution in [1.29, 1.82) is 0 Å². The Morgan fingerprint density at radius 2 is 1.85 bits per heavy atom. The number of imidazole rings is 1. The summed E-state index contributed by atoms with van der Waals surface area (Å²) in [5.74, 6) is 0.780. The number of halogens is 1. The zero-order valence-corrected chi connectivity index (χ0v) is 18.7. The average molecular weight is 457 g/mol. The summed E-state index contributed by atoms with van der Waals surface area (Å²) in [6, 6.07) is 19.3. The Kier molecular flexibility index (Phi) is 5.67. The van der Waals surface area contributed by atoms with Crippen LogP contribution >= 0.6 is 11.6 Å². The van der Waals surface area contributed by atoms with Gasteiger partial charge in [0.25, 0.3) is 0 Å². The summed E-state index contributed by atoms with van der Waals surface area (Å²) in [6.07, 6.45) is 5.19. The molecule has 0 saturated carbocycles. The minimum Gasteiger partial charge on any atom is -0.486 e. The van der Waals surface area contributed by atoms with Gasteiger partial charge in [0.15, 0.2) is 5.82 Å². The maximum atomic E-state index is 13.3. The lowest BCUT2D eigenvalue weighted by atomic mass is 10.1. The number of ether oxygens (including phenoxy) is 1. The van der Waals surface area contributed by atoms with E-state index in [1.54, 1.807) is 12.4 Å². The molecule has 0 atom stereocenters. The predicted octanol–water partition coefficient (Wildman–Crippen LogP) is 5.58. The fraction of sp³-hybridized carbons (Fsp3) is 0.115. The number of aromatic amines is 1. The van der Waals surface area contributed by atoms with Gasteiger partial charge < -0.3 is 14.3 Å². The summed E-state index contributed by atoms with van der Waals surface area (Å²) in [4.78, 5) is 24.9.